The Bertz CT molecular complexity index is 1000. The average molecular weight is 491 g/mol. The summed E-state index contributed by atoms with van der Waals surface area (Å²) in [5.41, 5.74) is 0.986. The van der Waals surface area contributed by atoms with E-state index in [-0.39, 0.29) is 29.4 Å². The summed E-state index contributed by atoms with van der Waals surface area (Å²) in [7, 11) is -3.82. The lowest BCUT2D eigenvalue weighted by Crippen LogP contribution is -2.47. The van der Waals surface area contributed by atoms with Crippen molar-refractivity contribution in [2.45, 2.75) is 67.8 Å². The van der Waals surface area contributed by atoms with Crippen LogP contribution in [0.4, 0.5) is 0 Å². The van der Waals surface area contributed by atoms with Gasteiger partial charge in [-0.05, 0) is 74.9 Å². The molecular formula is C25H34N2O4S2. The number of nitrogens with zero attached hydrogens (tertiary/aromatic N) is 1. The summed E-state index contributed by atoms with van der Waals surface area (Å²) in [5.74, 6) is 0.330. The van der Waals surface area contributed by atoms with Gasteiger partial charge in [-0.2, -0.15) is 4.31 Å². The Hall–Kier alpha value is -2.03. The average Bonchev–Trinajstić information content (AvgIpc) is 2.83. The number of carbonyl (C=O) groups excluding carboxylic acids is 1. The minimum absolute atomic E-state index is 0.169. The first-order valence-corrected chi connectivity index (χ1v) is 14.2. The van der Waals surface area contributed by atoms with Crippen LogP contribution in [0.1, 0.15) is 57.6 Å². The summed E-state index contributed by atoms with van der Waals surface area (Å²) < 4.78 is 34.0. The van der Waals surface area contributed by atoms with Crippen molar-refractivity contribution in [2.75, 3.05) is 19.4 Å². The standard InChI is InChI=1S/C25H34N2O4S2/c1-4-31-22-12-16-24(17-13-22)33(29,30)27(21-8-6-5-7-9-21)18-25(28)26-19(2)20-10-14-23(32-3)15-11-20/h10-17,19,21H,4-9,18H2,1-3H3,(H,26,28)/t19-/m1/s1. The number of carbonyl (C=O) groups is 1. The van der Waals surface area contributed by atoms with Crippen LogP contribution in [0.15, 0.2) is 58.3 Å². The second-order valence-corrected chi connectivity index (χ2v) is 11.1. The van der Waals surface area contributed by atoms with Crippen LogP contribution in [0.3, 0.4) is 0 Å². The van der Waals surface area contributed by atoms with Crippen molar-refractivity contribution in [3.8, 4) is 5.75 Å². The minimum atomic E-state index is -3.82. The van der Waals surface area contributed by atoms with Crippen molar-refractivity contribution in [1.29, 1.82) is 0 Å². The molecule has 0 bridgehead atoms. The Kier molecular flexibility index (Phi) is 9.23. The van der Waals surface area contributed by atoms with Gasteiger partial charge in [-0.1, -0.05) is 31.4 Å². The molecule has 3 rings (SSSR count). The highest BCUT2D eigenvalue weighted by molar-refractivity contribution is 7.98. The number of nitrogens with one attached hydrogen (secondary N) is 1. The SMILES string of the molecule is CCOc1ccc(S(=O)(=O)N(CC(=O)N[C@H](C)c2ccc(SC)cc2)C2CCCCC2)cc1. The number of thioether (sulfide) groups is 1. The van der Waals surface area contributed by atoms with Crippen LogP contribution < -0.4 is 10.1 Å². The second-order valence-electron chi connectivity index (χ2n) is 8.31. The maximum atomic E-state index is 13.6. The van der Waals surface area contributed by atoms with Gasteiger partial charge in [-0.3, -0.25) is 4.79 Å². The van der Waals surface area contributed by atoms with E-state index in [1.54, 1.807) is 36.0 Å². The normalized spacial score (nSPS) is 15.9. The second kappa shape index (κ2) is 11.9. The lowest BCUT2D eigenvalue weighted by molar-refractivity contribution is -0.122. The van der Waals surface area contributed by atoms with Crippen LogP contribution in [0.5, 0.6) is 5.75 Å². The summed E-state index contributed by atoms with van der Waals surface area (Å²) >= 11 is 1.66. The molecule has 0 heterocycles. The van der Waals surface area contributed by atoms with Crippen LogP contribution in [0, 0.1) is 0 Å². The van der Waals surface area contributed by atoms with Gasteiger partial charge in [0.15, 0.2) is 0 Å². The molecule has 1 aliphatic carbocycles. The third-order valence-corrected chi connectivity index (χ3v) is 8.67. The summed E-state index contributed by atoms with van der Waals surface area (Å²) in [6.07, 6.45) is 6.61. The molecule has 1 fully saturated rings. The molecule has 0 saturated heterocycles. The molecule has 33 heavy (non-hydrogen) atoms. The fourth-order valence-corrected chi connectivity index (χ4v) is 6.24. The Balaban J connectivity index is 1.77. The molecule has 6 nitrogen and oxygen atoms in total. The molecule has 8 heteroatoms. The molecule has 1 N–H and O–H groups in total. The molecule has 1 atom stereocenters. The van der Waals surface area contributed by atoms with Crippen LogP contribution >= 0.6 is 11.8 Å². The Morgan fingerprint density at radius 1 is 1.09 bits per heavy atom. The van der Waals surface area contributed by atoms with Crippen LogP contribution in [-0.4, -0.2) is 44.1 Å². The van der Waals surface area contributed by atoms with Gasteiger partial charge in [-0.15, -0.1) is 11.8 Å². The van der Waals surface area contributed by atoms with E-state index in [0.29, 0.717) is 12.4 Å². The molecule has 2 aromatic rings. The predicted molar refractivity (Wildman–Crippen MR) is 133 cm³/mol. The largest absolute Gasteiger partial charge is 0.494 e. The number of hydrogen-bond acceptors (Lipinski definition) is 5. The van der Waals surface area contributed by atoms with Gasteiger partial charge in [0.1, 0.15) is 5.75 Å². The Morgan fingerprint density at radius 2 is 1.73 bits per heavy atom. The first-order valence-electron chi connectivity index (χ1n) is 11.5. The van der Waals surface area contributed by atoms with E-state index < -0.39 is 10.0 Å². The molecule has 0 unspecified atom stereocenters. The van der Waals surface area contributed by atoms with E-state index >= 15 is 0 Å². The van der Waals surface area contributed by atoms with Gasteiger partial charge < -0.3 is 10.1 Å². The maximum Gasteiger partial charge on any atom is 0.243 e. The quantitative estimate of drug-likeness (QED) is 0.474. The summed E-state index contributed by atoms with van der Waals surface area (Å²) in [6, 6.07) is 14.1. The number of sulfonamides is 1. The zero-order valence-electron chi connectivity index (χ0n) is 19.6. The first-order chi connectivity index (χ1) is 15.8. The highest BCUT2D eigenvalue weighted by atomic mass is 32.2. The Morgan fingerprint density at radius 3 is 2.30 bits per heavy atom. The summed E-state index contributed by atoms with van der Waals surface area (Å²) in [5, 5.41) is 2.98. The van der Waals surface area contributed by atoms with Crippen LogP contribution in [-0.2, 0) is 14.8 Å². The number of benzene rings is 2. The summed E-state index contributed by atoms with van der Waals surface area (Å²) in [6.45, 7) is 4.12. The van der Waals surface area contributed by atoms with Gasteiger partial charge in [0, 0.05) is 10.9 Å². The third kappa shape index (κ3) is 6.74. The topological polar surface area (TPSA) is 75.7 Å². The molecule has 0 radical (unpaired) electrons. The van der Waals surface area contributed by atoms with Gasteiger partial charge in [0.2, 0.25) is 15.9 Å². The van der Waals surface area contributed by atoms with Crippen LogP contribution in [0.2, 0.25) is 0 Å². The predicted octanol–water partition coefficient (Wildman–Crippen LogP) is 5.01. The van der Waals surface area contributed by atoms with Crippen LogP contribution in [0.25, 0.3) is 0 Å². The van der Waals surface area contributed by atoms with Crippen molar-refractivity contribution in [3.63, 3.8) is 0 Å². The monoisotopic (exact) mass is 490 g/mol. The summed E-state index contributed by atoms with van der Waals surface area (Å²) in [4.78, 5) is 14.3. The maximum absolute atomic E-state index is 13.6. The fourth-order valence-electron chi connectivity index (χ4n) is 4.19. The third-order valence-electron chi connectivity index (χ3n) is 6.02. The molecule has 1 saturated carbocycles. The molecular weight excluding hydrogens is 456 g/mol. The number of ether oxygens (including phenoxy) is 1. The molecule has 0 aromatic heterocycles. The van der Waals surface area contributed by atoms with Crippen molar-refractivity contribution < 1.29 is 17.9 Å². The van der Waals surface area contributed by atoms with E-state index in [1.807, 2.05) is 44.4 Å². The van der Waals surface area contributed by atoms with E-state index in [1.165, 1.54) is 4.31 Å². The zero-order valence-corrected chi connectivity index (χ0v) is 21.3. The molecule has 0 spiro atoms. The number of amides is 1. The molecule has 0 aliphatic heterocycles. The lowest BCUT2D eigenvalue weighted by atomic mass is 9.95. The highest BCUT2D eigenvalue weighted by Crippen LogP contribution is 2.29. The number of rotatable bonds is 10. The van der Waals surface area contributed by atoms with Gasteiger partial charge in [0.05, 0.1) is 24.1 Å². The fraction of sp³-hybridized carbons (Fsp3) is 0.480. The smallest absolute Gasteiger partial charge is 0.243 e. The molecule has 180 valence electrons. The first kappa shape index (κ1) is 25.6. The van der Waals surface area contributed by atoms with E-state index in [9.17, 15) is 13.2 Å². The van der Waals surface area contributed by atoms with Crippen molar-refractivity contribution in [1.82, 2.24) is 9.62 Å². The van der Waals surface area contributed by atoms with Crippen molar-refractivity contribution in [3.05, 3.63) is 54.1 Å². The van der Waals surface area contributed by atoms with Crippen molar-refractivity contribution >= 4 is 27.7 Å². The molecule has 1 aliphatic rings. The Labute approximate surface area is 202 Å². The number of hydrogen-bond donors (Lipinski definition) is 1. The van der Waals surface area contributed by atoms with Gasteiger partial charge >= 0.3 is 0 Å². The lowest BCUT2D eigenvalue weighted by Gasteiger charge is -2.33. The molecule has 2 aromatic carbocycles. The van der Waals surface area contributed by atoms with Crippen molar-refractivity contribution in [2.24, 2.45) is 0 Å². The zero-order chi connectivity index (χ0) is 23.8. The van der Waals surface area contributed by atoms with Gasteiger partial charge in [0.25, 0.3) is 0 Å². The van der Waals surface area contributed by atoms with E-state index in [2.05, 4.69) is 5.32 Å². The van der Waals surface area contributed by atoms with Gasteiger partial charge in [-0.25, -0.2) is 8.42 Å². The minimum Gasteiger partial charge on any atom is -0.494 e. The van der Waals surface area contributed by atoms with E-state index in [4.69, 9.17) is 4.74 Å². The van der Waals surface area contributed by atoms with E-state index in [0.717, 1.165) is 42.6 Å². The molecule has 1 amide bonds. The highest BCUT2D eigenvalue weighted by Gasteiger charge is 2.34.